The van der Waals surface area contributed by atoms with Crippen LogP contribution in [0.25, 0.3) is 0 Å². The second kappa shape index (κ2) is 8.07. The minimum atomic E-state index is -1.17. The summed E-state index contributed by atoms with van der Waals surface area (Å²) in [6, 6.07) is 9.35. The molecule has 2 atom stereocenters. The van der Waals surface area contributed by atoms with Crippen molar-refractivity contribution in [2.45, 2.75) is 44.1 Å². The highest BCUT2D eigenvalue weighted by Crippen LogP contribution is 2.25. The summed E-state index contributed by atoms with van der Waals surface area (Å²) in [5.74, 6) is 0. The van der Waals surface area contributed by atoms with Crippen LogP contribution in [0, 0.1) is 0 Å². The van der Waals surface area contributed by atoms with Crippen molar-refractivity contribution in [1.82, 2.24) is 0 Å². The quantitative estimate of drug-likeness (QED) is 0.760. The fourth-order valence-corrected chi connectivity index (χ4v) is 3.55. The van der Waals surface area contributed by atoms with Crippen LogP contribution in [-0.2, 0) is 10.8 Å². The highest BCUT2D eigenvalue weighted by Gasteiger charge is 2.15. The lowest BCUT2D eigenvalue weighted by Gasteiger charge is -2.12. The Morgan fingerprint density at radius 3 is 2.56 bits per heavy atom. The third-order valence-electron chi connectivity index (χ3n) is 2.70. The first-order valence-electron chi connectivity index (χ1n) is 6.09. The molecule has 1 rings (SSSR count). The second-order valence-corrected chi connectivity index (χ2v) is 6.93. The van der Waals surface area contributed by atoms with Gasteiger partial charge in [0, 0.05) is 13.4 Å². The number of unbranched alkanes of at least 4 members (excludes halogenated alkanes) is 1. The fraction of sp³-hybridized carbons (Fsp3) is 0.429. The molecule has 1 unspecified atom stereocenters. The zero-order valence-electron chi connectivity index (χ0n) is 10.7. The maximum atomic E-state index is 12.3. The molecule has 4 heteroatoms. The van der Waals surface area contributed by atoms with E-state index >= 15 is 0 Å². The van der Waals surface area contributed by atoms with Crippen molar-refractivity contribution < 1.29 is 9.32 Å². The summed E-state index contributed by atoms with van der Waals surface area (Å²) >= 11 is 2.11. The van der Waals surface area contributed by atoms with Crippen molar-refractivity contribution in [3.63, 3.8) is 0 Å². The molecule has 0 radical (unpaired) electrons. The Labute approximate surface area is 125 Å². The van der Waals surface area contributed by atoms with Crippen LogP contribution in [0.2, 0.25) is 0 Å². The van der Waals surface area contributed by atoms with Gasteiger partial charge in [0.2, 0.25) is 0 Å². The Bertz CT molecular complexity index is 429. The number of hydrogen-bond donors (Lipinski definition) is 1. The van der Waals surface area contributed by atoms with Gasteiger partial charge in [0.15, 0.2) is 0 Å². The van der Waals surface area contributed by atoms with Crippen LogP contribution in [0.1, 0.15) is 33.1 Å². The molecule has 0 fully saturated rings. The third kappa shape index (κ3) is 4.48. The molecule has 0 spiro atoms. The lowest BCUT2D eigenvalue weighted by molar-refractivity contribution is 0.207. The number of benzene rings is 1. The van der Waals surface area contributed by atoms with E-state index in [1.165, 1.54) is 0 Å². The summed E-state index contributed by atoms with van der Waals surface area (Å²) in [4.78, 5) is 1.54. The van der Waals surface area contributed by atoms with Gasteiger partial charge in [-0.1, -0.05) is 38.0 Å². The number of halogens is 1. The van der Waals surface area contributed by atoms with Gasteiger partial charge < -0.3 is 5.11 Å². The third-order valence-corrected chi connectivity index (χ3v) is 6.07. The first-order chi connectivity index (χ1) is 8.57. The van der Waals surface area contributed by atoms with Crippen LogP contribution in [0.15, 0.2) is 43.7 Å². The molecule has 0 aliphatic rings. The molecule has 1 N–H and O–H groups in total. The molecule has 0 amide bonds. The zero-order valence-corrected chi connectivity index (χ0v) is 13.7. The predicted molar refractivity (Wildman–Crippen MR) is 85.1 cm³/mol. The van der Waals surface area contributed by atoms with Crippen molar-refractivity contribution >= 4 is 33.4 Å². The van der Waals surface area contributed by atoms with Gasteiger partial charge in [-0.05, 0) is 48.1 Å². The number of allylic oxidation sites excluding steroid dienone is 1. The van der Waals surface area contributed by atoms with E-state index in [-0.39, 0.29) is 0 Å². The van der Waals surface area contributed by atoms with Crippen molar-refractivity contribution in [2.24, 2.45) is 0 Å². The van der Waals surface area contributed by atoms with Crippen LogP contribution in [0.3, 0.4) is 0 Å². The molecule has 0 aliphatic heterocycles. The van der Waals surface area contributed by atoms with Crippen LogP contribution in [0.4, 0.5) is 0 Å². The number of aliphatic hydroxyl groups is 1. The van der Waals surface area contributed by atoms with Gasteiger partial charge in [-0.25, -0.2) is 4.21 Å². The van der Waals surface area contributed by atoms with Crippen LogP contribution >= 0.6 is 22.6 Å². The first-order valence-corrected chi connectivity index (χ1v) is 8.32. The van der Waals surface area contributed by atoms with Crippen LogP contribution in [0.5, 0.6) is 0 Å². The normalized spacial score (nSPS) is 16.0. The summed E-state index contributed by atoms with van der Waals surface area (Å²) in [5.41, 5.74) is 0. The maximum Gasteiger partial charge on any atom is 0.0855 e. The van der Waals surface area contributed by atoms with Crippen molar-refractivity contribution in [2.75, 3.05) is 0 Å². The Hall–Kier alpha value is -0.200. The summed E-state index contributed by atoms with van der Waals surface area (Å²) in [5, 5.41) is 10.0. The molecule has 18 heavy (non-hydrogen) atoms. The molecular weight excluding hydrogens is 359 g/mol. The smallest absolute Gasteiger partial charge is 0.0855 e. The van der Waals surface area contributed by atoms with E-state index in [1.807, 2.05) is 37.3 Å². The summed E-state index contributed by atoms with van der Waals surface area (Å²) in [6.07, 6.45) is 2.29. The molecule has 0 heterocycles. The molecule has 0 aromatic heterocycles. The largest absolute Gasteiger partial charge is 0.388 e. The molecule has 0 saturated carbocycles. The number of rotatable bonds is 6. The van der Waals surface area contributed by atoms with Crippen molar-refractivity contribution in [1.29, 1.82) is 0 Å². The Balaban J connectivity index is 2.84. The van der Waals surface area contributed by atoms with E-state index in [4.69, 9.17) is 0 Å². The summed E-state index contributed by atoms with van der Waals surface area (Å²) < 4.78 is 13.1. The summed E-state index contributed by atoms with van der Waals surface area (Å²) in [6.45, 7) is 3.93. The van der Waals surface area contributed by atoms with E-state index in [0.29, 0.717) is 0 Å². The first kappa shape index (κ1) is 15.9. The standard InChI is InChI=1S/C14H19IO2S/c1-3-4-10-13(16)14(15)11(2)18(17)12-8-6-5-7-9-12/h5-9,13,16H,3-4,10H2,1-2H3/b14-11+/t13-,18?/m0/s1. The molecule has 0 saturated heterocycles. The average molecular weight is 378 g/mol. The predicted octanol–water partition coefficient (Wildman–Crippen LogP) is 4.01. The molecule has 100 valence electrons. The average Bonchev–Trinajstić information content (AvgIpc) is 2.43. The molecule has 2 nitrogen and oxygen atoms in total. The zero-order chi connectivity index (χ0) is 13.5. The van der Waals surface area contributed by atoms with Gasteiger partial charge in [-0.3, -0.25) is 0 Å². The monoisotopic (exact) mass is 378 g/mol. The van der Waals surface area contributed by atoms with Gasteiger partial charge in [0.1, 0.15) is 0 Å². The van der Waals surface area contributed by atoms with Gasteiger partial charge in [-0.15, -0.1) is 0 Å². The van der Waals surface area contributed by atoms with Gasteiger partial charge in [0.05, 0.1) is 16.9 Å². The SMILES string of the molecule is CCCC[C@H](O)/C(I)=C(/C)S(=O)c1ccccc1. The topological polar surface area (TPSA) is 37.3 Å². The van der Waals surface area contributed by atoms with E-state index in [0.717, 1.165) is 32.6 Å². The minimum Gasteiger partial charge on any atom is -0.388 e. The van der Waals surface area contributed by atoms with E-state index in [9.17, 15) is 9.32 Å². The molecule has 0 aliphatic carbocycles. The molecule has 0 bridgehead atoms. The van der Waals surface area contributed by atoms with E-state index in [2.05, 4.69) is 29.5 Å². The number of aliphatic hydroxyl groups excluding tert-OH is 1. The highest BCUT2D eigenvalue weighted by molar-refractivity contribution is 14.1. The van der Waals surface area contributed by atoms with Crippen LogP contribution < -0.4 is 0 Å². The van der Waals surface area contributed by atoms with Crippen molar-refractivity contribution in [3.05, 3.63) is 38.8 Å². The van der Waals surface area contributed by atoms with Gasteiger partial charge in [-0.2, -0.15) is 0 Å². The number of hydrogen-bond acceptors (Lipinski definition) is 2. The lowest BCUT2D eigenvalue weighted by atomic mass is 10.1. The molecule has 1 aromatic carbocycles. The van der Waals surface area contributed by atoms with Gasteiger partial charge in [0.25, 0.3) is 0 Å². The van der Waals surface area contributed by atoms with Crippen LogP contribution in [-0.4, -0.2) is 15.4 Å². The second-order valence-electron chi connectivity index (χ2n) is 4.14. The molecular formula is C14H19IO2S. The lowest BCUT2D eigenvalue weighted by Crippen LogP contribution is -2.09. The van der Waals surface area contributed by atoms with Crippen molar-refractivity contribution in [3.8, 4) is 0 Å². The fourth-order valence-electron chi connectivity index (χ4n) is 1.57. The van der Waals surface area contributed by atoms with Gasteiger partial charge >= 0.3 is 0 Å². The summed E-state index contributed by atoms with van der Waals surface area (Å²) in [7, 11) is -1.17. The highest BCUT2D eigenvalue weighted by atomic mass is 127. The minimum absolute atomic E-state index is 0.488. The van der Waals surface area contributed by atoms with E-state index < -0.39 is 16.9 Å². The maximum absolute atomic E-state index is 12.3. The Morgan fingerprint density at radius 1 is 1.39 bits per heavy atom. The molecule has 1 aromatic rings. The van der Waals surface area contributed by atoms with E-state index in [1.54, 1.807) is 0 Å². The Kier molecular flexibility index (Phi) is 7.11. The Morgan fingerprint density at radius 2 is 2.00 bits per heavy atom.